The highest BCUT2D eigenvalue weighted by molar-refractivity contribution is 6.30. The molecule has 0 spiro atoms. The van der Waals surface area contributed by atoms with Gasteiger partial charge < -0.3 is 10.6 Å². The van der Waals surface area contributed by atoms with Crippen molar-refractivity contribution in [2.24, 2.45) is 0 Å². The summed E-state index contributed by atoms with van der Waals surface area (Å²) in [6, 6.07) is 9.67. The monoisotopic (exact) mass is 378 g/mol. The summed E-state index contributed by atoms with van der Waals surface area (Å²) in [5.41, 5.74) is -0.00719. The summed E-state index contributed by atoms with van der Waals surface area (Å²) in [4.78, 5) is 20.2. The summed E-state index contributed by atoms with van der Waals surface area (Å²) in [5, 5.41) is 5.49. The fraction of sp³-hybridized carbons (Fsp3) is 0. The quantitative estimate of drug-likeness (QED) is 0.654. The largest absolute Gasteiger partial charge is 0.324 e. The van der Waals surface area contributed by atoms with Crippen LogP contribution in [0, 0.1) is 17.5 Å². The number of benzene rings is 2. The van der Waals surface area contributed by atoms with Gasteiger partial charge in [0.05, 0.1) is 5.69 Å². The van der Waals surface area contributed by atoms with Crippen molar-refractivity contribution in [3.05, 3.63) is 76.8 Å². The van der Waals surface area contributed by atoms with Gasteiger partial charge in [0, 0.05) is 16.9 Å². The Bertz CT molecular complexity index is 984. The maximum atomic E-state index is 13.7. The first kappa shape index (κ1) is 17.7. The van der Waals surface area contributed by atoms with Crippen molar-refractivity contribution in [2.75, 3.05) is 10.6 Å². The summed E-state index contributed by atoms with van der Waals surface area (Å²) in [5.74, 6) is -5.23. The molecule has 0 bridgehead atoms. The molecule has 0 saturated heterocycles. The van der Waals surface area contributed by atoms with Crippen molar-refractivity contribution in [2.45, 2.75) is 0 Å². The summed E-state index contributed by atoms with van der Waals surface area (Å²) < 4.78 is 39.8. The predicted molar refractivity (Wildman–Crippen MR) is 91.0 cm³/mol. The fourth-order valence-corrected chi connectivity index (χ4v) is 2.24. The average molecular weight is 379 g/mol. The van der Waals surface area contributed by atoms with Crippen molar-refractivity contribution in [3.8, 4) is 0 Å². The first-order valence-corrected chi connectivity index (χ1v) is 7.62. The first-order valence-electron chi connectivity index (χ1n) is 7.24. The van der Waals surface area contributed by atoms with E-state index in [9.17, 15) is 18.0 Å². The molecule has 3 aromatic rings. The molecule has 1 amide bonds. The Morgan fingerprint density at radius 1 is 1.04 bits per heavy atom. The second-order valence-electron chi connectivity index (χ2n) is 5.08. The highest BCUT2D eigenvalue weighted by atomic mass is 35.5. The van der Waals surface area contributed by atoms with E-state index in [-0.39, 0.29) is 11.6 Å². The molecule has 26 heavy (non-hydrogen) atoms. The highest BCUT2D eigenvalue weighted by Crippen LogP contribution is 2.21. The molecule has 0 aliphatic carbocycles. The van der Waals surface area contributed by atoms with E-state index in [1.807, 2.05) is 0 Å². The molecule has 3 rings (SSSR count). The fourth-order valence-electron chi connectivity index (χ4n) is 2.05. The van der Waals surface area contributed by atoms with Crippen LogP contribution in [0.25, 0.3) is 0 Å². The van der Waals surface area contributed by atoms with Crippen LogP contribution < -0.4 is 10.6 Å². The number of aromatic nitrogens is 2. The van der Waals surface area contributed by atoms with Crippen molar-refractivity contribution in [3.63, 3.8) is 0 Å². The van der Waals surface area contributed by atoms with Gasteiger partial charge in [-0.3, -0.25) is 4.79 Å². The van der Waals surface area contributed by atoms with E-state index in [1.165, 1.54) is 12.3 Å². The van der Waals surface area contributed by atoms with E-state index in [0.29, 0.717) is 16.8 Å². The molecular weight excluding hydrogens is 369 g/mol. The lowest BCUT2D eigenvalue weighted by atomic mass is 10.2. The van der Waals surface area contributed by atoms with Gasteiger partial charge in [0.2, 0.25) is 5.95 Å². The first-order chi connectivity index (χ1) is 12.4. The normalized spacial score (nSPS) is 10.5. The number of nitrogens with zero attached hydrogens (tertiary/aromatic N) is 2. The lowest BCUT2D eigenvalue weighted by Gasteiger charge is -2.09. The molecule has 0 unspecified atom stereocenters. The molecule has 0 aliphatic rings. The summed E-state index contributed by atoms with van der Waals surface area (Å²) in [6.45, 7) is 0. The molecular formula is C17H10ClF3N4O. The van der Waals surface area contributed by atoms with Crippen LogP contribution in [-0.2, 0) is 0 Å². The van der Waals surface area contributed by atoms with Gasteiger partial charge in [0.15, 0.2) is 17.5 Å². The second kappa shape index (κ2) is 7.40. The Hall–Kier alpha value is -3.13. The zero-order valence-electron chi connectivity index (χ0n) is 12.9. The van der Waals surface area contributed by atoms with Gasteiger partial charge in [-0.15, -0.1) is 0 Å². The Morgan fingerprint density at radius 2 is 1.85 bits per heavy atom. The molecule has 2 N–H and O–H groups in total. The number of rotatable bonds is 4. The number of anilines is 3. The maximum Gasteiger partial charge on any atom is 0.274 e. The molecule has 0 atom stereocenters. The number of amides is 1. The number of hydrogen-bond donors (Lipinski definition) is 2. The lowest BCUT2D eigenvalue weighted by Crippen LogP contribution is -2.16. The van der Waals surface area contributed by atoms with Crippen LogP contribution in [0.2, 0.25) is 5.02 Å². The molecule has 132 valence electrons. The van der Waals surface area contributed by atoms with Gasteiger partial charge in [0.25, 0.3) is 5.91 Å². The Kier molecular flexibility index (Phi) is 5.04. The van der Waals surface area contributed by atoms with Gasteiger partial charge in [-0.2, -0.15) is 0 Å². The molecule has 9 heteroatoms. The van der Waals surface area contributed by atoms with Crippen molar-refractivity contribution < 1.29 is 18.0 Å². The maximum absolute atomic E-state index is 13.7. The Balaban J connectivity index is 1.79. The summed E-state index contributed by atoms with van der Waals surface area (Å²) >= 11 is 5.88. The number of hydrogen-bond acceptors (Lipinski definition) is 4. The minimum atomic E-state index is -1.67. The predicted octanol–water partition coefficient (Wildman–Crippen LogP) is 4.54. The molecule has 0 radical (unpaired) electrons. The van der Waals surface area contributed by atoms with Crippen LogP contribution >= 0.6 is 11.6 Å². The third-order valence-corrected chi connectivity index (χ3v) is 3.49. The number of carbonyl (C=O) groups is 1. The van der Waals surface area contributed by atoms with E-state index in [1.54, 1.807) is 24.3 Å². The van der Waals surface area contributed by atoms with Crippen molar-refractivity contribution >= 4 is 34.8 Å². The zero-order valence-corrected chi connectivity index (χ0v) is 13.7. The second-order valence-corrected chi connectivity index (χ2v) is 5.51. The van der Waals surface area contributed by atoms with Gasteiger partial charge in [-0.25, -0.2) is 23.1 Å². The van der Waals surface area contributed by atoms with Gasteiger partial charge in [0.1, 0.15) is 5.69 Å². The third kappa shape index (κ3) is 3.92. The van der Waals surface area contributed by atoms with Crippen LogP contribution in [0.15, 0.2) is 48.7 Å². The minimum absolute atomic E-state index is 0.102. The molecule has 0 saturated carbocycles. The molecule has 1 heterocycles. The van der Waals surface area contributed by atoms with E-state index >= 15 is 0 Å². The molecule has 0 fully saturated rings. The van der Waals surface area contributed by atoms with E-state index in [4.69, 9.17) is 11.6 Å². The lowest BCUT2D eigenvalue weighted by molar-refractivity contribution is 0.102. The SMILES string of the molecule is O=C(Nc1ccc(F)c(F)c1F)c1ccnc(Nc2cccc(Cl)c2)n1. The van der Waals surface area contributed by atoms with Crippen LogP contribution in [0.3, 0.4) is 0 Å². The Labute approximate surface area is 150 Å². The van der Waals surface area contributed by atoms with Crippen molar-refractivity contribution in [1.82, 2.24) is 9.97 Å². The third-order valence-electron chi connectivity index (χ3n) is 3.25. The van der Waals surface area contributed by atoms with E-state index < -0.39 is 29.0 Å². The number of carbonyl (C=O) groups excluding carboxylic acids is 1. The van der Waals surface area contributed by atoms with Gasteiger partial charge >= 0.3 is 0 Å². The standard InChI is InChI=1S/C17H10ClF3N4O/c18-9-2-1-3-10(8-9)23-17-22-7-6-13(25-17)16(26)24-12-5-4-11(19)14(20)15(12)21/h1-8H,(H,24,26)(H,22,23,25). The number of halogens is 4. The average Bonchev–Trinajstić information content (AvgIpc) is 2.62. The number of nitrogens with one attached hydrogen (secondary N) is 2. The van der Waals surface area contributed by atoms with Crippen LogP contribution in [0.4, 0.5) is 30.5 Å². The Morgan fingerprint density at radius 3 is 2.62 bits per heavy atom. The van der Waals surface area contributed by atoms with E-state index in [2.05, 4.69) is 20.6 Å². The smallest absolute Gasteiger partial charge is 0.274 e. The zero-order chi connectivity index (χ0) is 18.7. The van der Waals surface area contributed by atoms with Crippen LogP contribution in [0.5, 0.6) is 0 Å². The highest BCUT2D eigenvalue weighted by Gasteiger charge is 2.17. The van der Waals surface area contributed by atoms with Gasteiger partial charge in [-0.05, 0) is 36.4 Å². The van der Waals surface area contributed by atoms with E-state index in [0.717, 1.165) is 6.07 Å². The van der Waals surface area contributed by atoms with Crippen LogP contribution in [0.1, 0.15) is 10.5 Å². The molecule has 5 nitrogen and oxygen atoms in total. The summed E-state index contributed by atoms with van der Waals surface area (Å²) in [7, 11) is 0. The minimum Gasteiger partial charge on any atom is -0.324 e. The van der Waals surface area contributed by atoms with Gasteiger partial charge in [-0.1, -0.05) is 17.7 Å². The van der Waals surface area contributed by atoms with Crippen LogP contribution in [-0.4, -0.2) is 15.9 Å². The molecule has 0 aliphatic heterocycles. The van der Waals surface area contributed by atoms with Crippen molar-refractivity contribution in [1.29, 1.82) is 0 Å². The molecule has 1 aromatic heterocycles. The summed E-state index contributed by atoms with van der Waals surface area (Å²) in [6.07, 6.45) is 1.32. The topological polar surface area (TPSA) is 66.9 Å². The molecule has 2 aromatic carbocycles.